The highest BCUT2D eigenvalue weighted by Gasteiger charge is 2.24. The van der Waals surface area contributed by atoms with Crippen molar-refractivity contribution < 1.29 is 18.8 Å². The Bertz CT molecular complexity index is 1050. The van der Waals surface area contributed by atoms with Crippen molar-refractivity contribution in [1.29, 1.82) is 0 Å². The van der Waals surface area contributed by atoms with Gasteiger partial charge in [-0.25, -0.2) is 0 Å². The van der Waals surface area contributed by atoms with E-state index in [4.69, 9.17) is 9.26 Å². The molecular weight excluding hydrogens is 382 g/mol. The lowest BCUT2D eigenvalue weighted by Gasteiger charge is -2.20. The van der Waals surface area contributed by atoms with E-state index in [9.17, 15) is 9.59 Å². The number of anilines is 2. The maximum Gasteiger partial charge on any atom is 0.255 e. The number of nitrogens with zero attached hydrogens (tertiary/aromatic N) is 2. The molecule has 1 aromatic heterocycles. The zero-order chi connectivity index (χ0) is 21.1. The highest BCUT2D eigenvalue weighted by molar-refractivity contribution is 6.08. The summed E-state index contributed by atoms with van der Waals surface area (Å²) in [5, 5.41) is 6.83. The van der Waals surface area contributed by atoms with E-state index in [1.807, 2.05) is 32.0 Å². The van der Waals surface area contributed by atoms with Crippen molar-refractivity contribution in [2.75, 3.05) is 16.8 Å². The maximum absolute atomic E-state index is 12.7. The van der Waals surface area contributed by atoms with Gasteiger partial charge in [-0.1, -0.05) is 17.3 Å². The SMILES string of the molecule is Cc1noc(C)c1COc1ccc(C(=O)Nc2ccccc2N2CCCC2=O)cc1. The Hall–Kier alpha value is -3.61. The van der Waals surface area contributed by atoms with Gasteiger partial charge in [0, 0.05) is 18.5 Å². The summed E-state index contributed by atoms with van der Waals surface area (Å²) in [6.45, 7) is 4.74. The van der Waals surface area contributed by atoms with Crippen molar-refractivity contribution in [1.82, 2.24) is 5.16 Å². The largest absolute Gasteiger partial charge is 0.489 e. The molecule has 0 aliphatic carbocycles. The summed E-state index contributed by atoms with van der Waals surface area (Å²) in [6.07, 6.45) is 1.37. The number of ether oxygens (including phenoxy) is 1. The van der Waals surface area contributed by atoms with Crippen molar-refractivity contribution in [3.05, 3.63) is 71.1 Å². The smallest absolute Gasteiger partial charge is 0.255 e. The average molecular weight is 405 g/mol. The number of amides is 2. The molecule has 4 rings (SSSR count). The first-order valence-electron chi connectivity index (χ1n) is 9.88. The van der Waals surface area contributed by atoms with Gasteiger partial charge in [-0.3, -0.25) is 9.59 Å². The number of benzene rings is 2. The Labute approximate surface area is 174 Å². The van der Waals surface area contributed by atoms with E-state index in [-0.39, 0.29) is 11.8 Å². The molecule has 7 heteroatoms. The summed E-state index contributed by atoms with van der Waals surface area (Å²) < 4.78 is 10.9. The Balaban J connectivity index is 1.43. The molecule has 0 spiro atoms. The normalized spacial score (nSPS) is 13.5. The van der Waals surface area contributed by atoms with Crippen LogP contribution < -0.4 is 15.0 Å². The number of carbonyl (C=O) groups is 2. The van der Waals surface area contributed by atoms with Crippen molar-refractivity contribution in [2.24, 2.45) is 0 Å². The second kappa shape index (κ2) is 8.41. The van der Waals surface area contributed by atoms with E-state index in [0.29, 0.717) is 36.6 Å². The standard InChI is InChI=1S/C23H23N3O4/c1-15-19(16(2)30-25-15)14-29-18-11-9-17(10-12-18)23(28)24-20-6-3-4-7-21(20)26-13-5-8-22(26)27/h3-4,6-7,9-12H,5,8,13-14H2,1-2H3,(H,24,28). The molecule has 1 aliphatic rings. The molecule has 2 heterocycles. The van der Waals surface area contributed by atoms with Gasteiger partial charge in [-0.05, 0) is 56.7 Å². The van der Waals surface area contributed by atoms with Crippen LogP contribution in [0.1, 0.15) is 40.2 Å². The number of carbonyl (C=O) groups excluding carboxylic acids is 2. The van der Waals surface area contributed by atoms with Gasteiger partial charge in [0.15, 0.2) is 0 Å². The van der Waals surface area contributed by atoms with Gasteiger partial charge >= 0.3 is 0 Å². The number of aromatic nitrogens is 1. The molecule has 0 unspecified atom stereocenters. The van der Waals surface area contributed by atoms with E-state index in [1.54, 1.807) is 35.2 Å². The molecule has 7 nitrogen and oxygen atoms in total. The molecule has 0 saturated carbocycles. The van der Waals surface area contributed by atoms with Crippen LogP contribution in [0, 0.1) is 13.8 Å². The first-order valence-corrected chi connectivity index (χ1v) is 9.88. The zero-order valence-electron chi connectivity index (χ0n) is 17.0. The lowest BCUT2D eigenvalue weighted by molar-refractivity contribution is -0.117. The van der Waals surface area contributed by atoms with Crippen molar-refractivity contribution in [3.63, 3.8) is 0 Å². The predicted molar refractivity (Wildman–Crippen MR) is 113 cm³/mol. The van der Waals surface area contributed by atoms with Crippen molar-refractivity contribution in [2.45, 2.75) is 33.3 Å². The number of hydrogen-bond acceptors (Lipinski definition) is 5. The molecule has 154 valence electrons. The summed E-state index contributed by atoms with van der Waals surface area (Å²) in [4.78, 5) is 26.6. The molecule has 1 fully saturated rings. The molecule has 3 aromatic rings. The summed E-state index contributed by atoms with van der Waals surface area (Å²) in [5.41, 5.74) is 3.58. The summed E-state index contributed by atoms with van der Waals surface area (Å²) in [7, 11) is 0. The molecule has 2 amide bonds. The molecule has 30 heavy (non-hydrogen) atoms. The van der Waals surface area contributed by atoms with E-state index >= 15 is 0 Å². The number of nitrogens with one attached hydrogen (secondary N) is 1. The van der Waals surface area contributed by atoms with E-state index in [1.165, 1.54) is 0 Å². The van der Waals surface area contributed by atoms with Gasteiger partial charge in [0.1, 0.15) is 18.1 Å². The van der Waals surface area contributed by atoms with E-state index in [2.05, 4.69) is 10.5 Å². The number of rotatable bonds is 6. The predicted octanol–water partition coefficient (Wildman–Crippen LogP) is 4.25. The third-order valence-electron chi connectivity index (χ3n) is 5.20. The summed E-state index contributed by atoms with van der Waals surface area (Å²) in [6, 6.07) is 14.3. The van der Waals surface area contributed by atoms with Crippen LogP contribution in [0.3, 0.4) is 0 Å². The van der Waals surface area contributed by atoms with Crippen LogP contribution >= 0.6 is 0 Å². The lowest BCUT2D eigenvalue weighted by Crippen LogP contribution is -2.25. The van der Waals surface area contributed by atoms with Gasteiger partial charge in [0.05, 0.1) is 22.6 Å². The minimum absolute atomic E-state index is 0.0801. The molecule has 1 aliphatic heterocycles. The van der Waals surface area contributed by atoms with E-state index < -0.39 is 0 Å². The Kier molecular flexibility index (Phi) is 5.52. The molecule has 0 atom stereocenters. The minimum atomic E-state index is -0.244. The topological polar surface area (TPSA) is 84.7 Å². The average Bonchev–Trinajstić information content (AvgIpc) is 3.32. The highest BCUT2D eigenvalue weighted by Crippen LogP contribution is 2.30. The quantitative estimate of drug-likeness (QED) is 0.663. The first kappa shape index (κ1) is 19.7. The van der Waals surface area contributed by atoms with Gasteiger partial charge in [0.2, 0.25) is 5.91 Å². The highest BCUT2D eigenvalue weighted by atomic mass is 16.5. The van der Waals surface area contributed by atoms with Crippen LogP contribution in [0.15, 0.2) is 53.1 Å². The van der Waals surface area contributed by atoms with Gasteiger partial charge < -0.3 is 19.5 Å². The fraction of sp³-hybridized carbons (Fsp3) is 0.261. The second-order valence-corrected chi connectivity index (χ2v) is 7.24. The molecule has 2 aromatic carbocycles. The number of hydrogen-bond donors (Lipinski definition) is 1. The summed E-state index contributed by atoms with van der Waals surface area (Å²) in [5.74, 6) is 1.22. The van der Waals surface area contributed by atoms with Crippen molar-refractivity contribution >= 4 is 23.2 Å². The van der Waals surface area contributed by atoms with Crippen LogP contribution in [0.4, 0.5) is 11.4 Å². The Morgan fingerprint density at radius 3 is 2.60 bits per heavy atom. The van der Waals surface area contributed by atoms with E-state index in [0.717, 1.165) is 29.1 Å². The fourth-order valence-corrected chi connectivity index (χ4v) is 3.48. The van der Waals surface area contributed by atoms with Crippen LogP contribution in [0.25, 0.3) is 0 Å². The molecule has 1 N–H and O–H groups in total. The Morgan fingerprint density at radius 2 is 1.93 bits per heavy atom. The zero-order valence-corrected chi connectivity index (χ0v) is 17.0. The summed E-state index contributed by atoms with van der Waals surface area (Å²) >= 11 is 0. The van der Waals surface area contributed by atoms with Gasteiger partial charge in [0.25, 0.3) is 5.91 Å². The number of aryl methyl sites for hydroxylation is 2. The van der Waals surface area contributed by atoms with Crippen LogP contribution in [-0.4, -0.2) is 23.5 Å². The molecular formula is C23H23N3O4. The second-order valence-electron chi connectivity index (χ2n) is 7.24. The van der Waals surface area contributed by atoms with Crippen molar-refractivity contribution in [3.8, 4) is 5.75 Å². The van der Waals surface area contributed by atoms with Gasteiger partial charge in [-0.2, -0.15) is 0 Å². The lowest BCUT2D eigenvalue weighted by atomic mass is 10.2. The molecule has 0 bridgehead atoms. The third kappa shape index (κ3) is 4.05. The van der Waals surface area contributed by atoms with Crippen LogP contribution in [0.5, 0.6) is 5.75 Å². The minimum Gasteiger partial charge on any atom is -0.489 e. The molecule has 0 radical (unpaired) electrons. The third-order valence-corrected chi connectivity index (χ3v) is 5.20. The number of para-hydroxylation sites is 2. The molecule has 1 saturated heterocycles. The van der Waals surface area contributed by atoms with Crippen LogP contribution in [0.2, 0.25) is 0 Å². The van der Waals surface area contributed by atoms with Crippen LogP contribution in [-0.2, 0) is 11.4 Å². The first-order chi connectivity index (χ1) is 14.5. The monoisotopic (exact) mass is 405 g/mol. The fourth-order valence-electron chi connectivity index (χ4n) is 3.48. The maximum atomic E-state index is 12.7. The Morgan fingerprint density at radius 1 is 1.17 bits per heavy atom. The van der Waals surface area contributed by atoms with Gasteiger partial charge in [-0.15, -0.1) is 0 Å².